The van der Waals surface area contributed by atoms with E-state index in [4.69, 9.17) is 0 Å². The van der Waals surface area contributed by atoms with Crippen molar-refractivity contribution in [3.05, 3.63) is 83.7 Å². The van der Waals surface area contributed by atoms with Crippen molar-refractivity contribution < 1.29 is 4.79 Å². The Kier molecular flexibility index (Phi) is 4.68. The van der Waals surface area contributed by atoms with Crippen LogP contribution in [0.15, 0.2) is 78.1 Å². The molecule has 0 radical (unpaired) electrons. The number of aryl methyl sites for hydroxylation is 1. The lowest BCUT2D eigenvalue weighted by molar-refractivity contribution is -0.116. The van der Waals surface area contributed by atoms with Crippen LogP contribution in [-0.4, -0.2) is 35.3 Å². The average molecular weight is 411 g/mol. The van der Waals surface area contributed by atoms with Crippen LogP contribution >= 0.6 is 0 Å². The maximum Gasteiger partial charge on any atom is 0.261 e. The third-order valence-electron chi connectivity index (χ3n) is 4.92. The third-order valence-corrected chi connectivity index (χ3v) is 4.92. The molecule has 2 aromatic carbocycles. The lowest BCUT2D eigenvalue weighted by atomic mass is 10.1. The molecule has 9 nitrogen and oxygen atoms in total. The molecule has 5 rings (SSSR count). The molecule has 3 aromatic heterocycles. The van der Waals surface area contributed by atoms with Crippen molar-refractivity contribution in [2.75, 3.05) is 5.32 Å². The molecule has 1 N–H and O–H groups in total. The molecule has 0 spiro atoms. The van der Waals surface area contributed by atoms with Gasteiger partial charge in [-0.05, 0) is 36.4 Å². The fourth-order valence-electron chi connectivity index (χ4n) is 3.35. The zero-order valence-electron chi connectivity index (χ0n) is 16.3. The van der Waals surface area contributed by atoms with Crippen LogP contribution in [0.3, 0.4) is 0 Å². The molecular formula is C22H17N7O2. The second kappa shape index (κ2) is 7.79. The van der Waals surface area contributed by atoms with Crippen molar-refractivity contribution in [2.45, 2.75) is 13.0 Å². The van der Waals surface area contributed by atoms with Gasteiger partial charge in [-0.2, -0.15) is 9.61 Å². The highest BCUT2D eigenvalue weighted by Gasteiger charge is 2.08. The number of hydrogen-bond donors (Lipinski definition) is 1. The van der Waals surface area contributed by atoms with Gasteiger partial charge < -0.3 is 5.32 Å². The molecule has 0 bridgehead atoms. The van der Waals surface area contributed by atoms with Crippen LogP contribution < -0.4 is 10.9 Å². The summed E-state index contributed by atoms with van der Waals surface area (Å²) < 4.78 is 3.05. The summed E-state index contributed by atoms with van der Waals surface area (Å²) in [4.78, 5) is 29.3. The lowest BCUT2D eigenvalue weighted by Gasteiger charge is -2.09. The number of anilines is 1. The van der Waals surface area contributed by atoms with E-state index in [0.717, 1.165) is 11.3 Å². The normalized spacial score (nSPS) is 11.1. The van der Waals surface area contributed by atoms with Crippen molar-refractivity contribution in [3.63, 3.8) is 0 Å². The van der Waals surface area contributed by atoms with E-state index in [1.165, 1.54) is 17.2 Å². The van der Waals surface area contributed by atoms with Crippen LogP contribution in [0.4, 0.5) is 5.69 Å². The van der Waals surface area contributed by atoms with Gasteiger partial charge in [-0.15, -0.1) is 10.2 Å². The summed E-state index contributed by atoms with van der Waals surface area (Å²) in [6.45, 7) is 0.244. The van der Waals surface area contributed by atoms with Crippen LogP contribution in [0.2, 0.25) is 0 Å². The number of carbonyl (C=O) groups is 1. The van der Waals surface area contributed by atoms with E-state index in [1.807, 2.05) is 42.5 Å². The summed E-state index contributed by atoms with van der Waals surface area (Å²) >= 11 is 0. The van der Waals surface area contributed by atoms with Crippen molar-refractivity contribution in [1.82, 2.24) is 29.4 Å². The van der Waals surface area contributed by atoms with Crippen molar-refractivity contribution in [2.24, 2.45) is 0 Å². The van der Waals surface area contributed by atoms with Gasteiger partial charge in [0, 0.05) is 24.2 Å². The van der Waals surface area contributed by atoms with Crippen LogP contribution in [0, 0.1) is 0 Å². The van der Waals surface area contributed by atoms with Crippen molar-refractivity contribution >= 4 is 28.1 Å². The molecule has 0 aliphatic carbocycles. The number of hydrogen-bond acceptors (Lipinski definition) is 6. The molecule has 152 valence electrons. The number of amides is 1. The van der Waals surface area contributed by atoms with Gasteiger partial charge in [0.1, 0.15) is 6.33 Å². The zero-order valence-corrected chi connectivity index (χ0v) is 16.3. The molecule has 3 heterocycles. The van der Waals surface area contributed by atoms with Gasteiger partial charge in [-0.3, -0.25) is 14.2 Å². The predicted molar refractivity (Wildman–Crippen MR) is 115 cm³/mol. The van der Waals surface area contributed by atoms with Gasteiger partial charge in [0.05, 0.1) is 22.9 Å². The smallest absolute Gasteiger partial charge is 0.261 e. The Morgan fingerprint density at radius 3 is 2.84 bits per heavy atom. The summed E-state index contributed by atoms with van der Waals surface area (Å²) in [5.41, 5.74) is 3.38. The van der Waals surface area contributed by atoms with E-state index >= 15 is 0 Å². The number of fused-ring (bicyclic) bond motifs is 2. The number of benzene rings is 2. The van der Waals surface area contributed by atoms with Crippen LogP contribution in [-0.2, 0) is 11.3 Å². The van der Waals surface area contributed by atoms with Gasteiger partial charge in [-0.1, -0.05) is 24.3 Å². The quantitative estimate of drug-likeness (QED) is 0.476. The first-order chi connectivity index (χ1) is 15.2. The molecule has 0 aliphatic heterocycles. The first-order valence-electron chi connectivity index (χ1n) is 9.69. The predicted octanol–water partition coefficient (Wildman–Crippen LogP) is 2.53. The fourth-order valence-corrected chi connectivity index (χ4v) is 3.35. The Morgan fingerprint density at radius 2 is 1.90 bits per heavy atom. The van der Waals surface area contributed by atoms with Crippen LogP contribution in [0.5, 0.6) is 0 Å². The standard InChI is InChI=1S/C22H17N7O2/c30-21(10-11-28-13-23-19-7-2-1-6-17(19)22(28)31)25-16-5-3-4-15(12-16)18-8-9-20-26-24-14-29(20)27-18/h1-9,12-14H,10-11H2,(H,25,30). The minimum Gasteiger partial charge on any atom is -0.326 e. The van der Waals surface area contributed by atoms with E-state index in [9.17, 15) is 9.59 Å². The molecule has 9 heteroatoms. The number of nitrogens with one attached hydrogen (secondary N) is 1. The molecular weight excluding hydrogens is 394 g/mol. The maximum absolute atomic E-state index is 12.5. The molecule has 5 aromatic rings. The van der Waals surface area contributed by atoms with Gasteiger partial charge in [0.2, 0.25) is 5.91 Å². The Hall–Kier alpha value is -4.40. The first kappa shape index (κ1) is 18.6. The summed E-state index contributed by atoms with van der Waals surface area (Å²) in [5, 5.41) is 15.7. The molecule has 1 amide bonds. The molecule has 0 saturated carbocycles. The van der Waals surface area contributed by atoms with E-state index in [-0.39, 0.29) is 24.4 Å². The SMILES string of the molecule is O=C(CCn1cnc2ccccc2c1=O)Nc1cccc(-c2ccc3nncn3n2)c1. The molecule has 0 unspecified atom stereocenters. The zero-order chi connectivity index (χ0) is 21.2. The Morgan fingerprint density at radius 1 is 1.00 bits per heavy atom. The fraction of sp³-hybridized carbons (Fsp3) is 0.0909. The Balaban J connectivity index is 1.29. The van der Waals surface area contributed by atoms with E-state index < -0.39 is 0 Å². The average Bonchev–Trinajstić information content (AvgIpc) is 3.27. The summed E-state index contributed by atoms with van der Waals surface area (Å²) in [6.07, 6.45) is 3.16. The third kappa shape index (κ3) is 3.76. The molecule has 0 fully saturated rings. The Labute approximate surface area is 176 Å². The molecule has 0 saturated heterocycles. The molecule has 31 heavy (non-hydrogen) atoms. The largest absolute Gasteiger partial charge is 0.326 e. The number of aromatic nitrogens is 6. The van der Waals surface area contributed by atoms with Crippen molar-refractivity contribution in [3.8, 4) is 11.3 Å². The second-order valence-corrected chi connectivity index (χ2v) is 6.99. The van der Waals surface area contributed by atoms with Gasteiger partial charge in [-0.25, -0.2) is 4.98 Å². The summed E-state index contributed by atoms with van der Waals surface area (Å²) in [7, 11) is 0. The summed E-state index contributed by atoms with van der Waals surface area (Å²) in [5.74, 6) is -0.195. The Bertz CT molecular complexity index is 1470. The van der Waals surface area contributed by atoms with Gasteiger partial charge in [0.25, 0.3) is 5.56 Å². The number of carbonyl (C=O) groups excluding carboxylic acids is 1. The molecule has 0 atom stereocenters. The van der Waals surface area contributed by atoms with Gasteiger partial charge in [0.15, 0.2) is 5.65 Å². The highest BCUT2D eigenvalue weighted by molar-refractivity contribution is 5.91. The van der Waals surface area contributed by atoms with E-state index in [0.29, 0.717) is 22.2 Å². The number of nitrogens with zero attached hydrogens (tertiary/aromatic N) is 6. The summed E-state index contributed by atoms with van der Waals surface area (Å²) in [6, 6.07) is 18.2. The highest BCUT2D eigenvalue weighted by Crippen LogP contribution is 2.21. The minimum atomic E-state index is -0.195. The number of para-hydroxylation sites is 1. The first-order valence-corrected chi connectivity index (χ1v) is 9.69. The number of rotatable bonds is 5. The minimum absolute atomic E-state index is 0.148. The van der Waals surface area contributed by atoms with E-state index in [1.54, 1.807) is 22.7 Å². The maximum atomic E-state index is 12.5. The van der Waals surface area contributed by atoms with Crippen LogP contribution in [0.1, 0.15) is 6.42 Å². The highest BCUT2D eigenvalue weighted by atomic mass is 16.2. The molecule has 0 aliphatic rings. The topological polar surface area (TPSA) is 107 Å². The second-order valence-electron chi connectivity index (χ2n) is 6.99. The van der Waals surface area contributed by atoms with Crippen LogP contribution in [0.25, 0.3) is 27.8 Å². The van der Waals surface area contributed by atoms with Gasteiger partial charge >= 0.3 is 0 Å². The van der Waals surface area contributed by atoms with Crippen molar-refractivity contribution in [1.29, 1.82) is 0 Å². The van der Waals surface area contributed by atoms with E-state index in [2.05, 4.69) is 25.6 Å². The monoisotopic (exact) mass is 411 g/mol. The lowest BCUT2D eigenvalue weighted by Crippen LogP contribution is -2.23.